The van der Waals surface area contributed by atoms with Gasteiger partial charge in [-0.15, -0.1) is 0 Å². The van der Waals surface area contributed by atoms with E-state index in [1.807, 2.05) is 36.4 Å². The Kier molecular flexibility index (Phi) is 5.79. The fraction of sp³-hybridized carbons (Fsp3) is 0.312. The zero-order chi connectivity index (χ0) is 14.4. The third-order valence-corrected chi connectivity index (χ3v) is 3.65. The van der Waals surface area contributed by atoms with E-state index in [1.165, 1.54) is 5.56 Å². The van der Waals surface area contributed by atoms with Crippen molar-refractivity contribution in [3.05, 3.63) is 51.7 Å². The van der Waals surface area contributed by atoms with Gasteiger partial charge in [0.1, 0.15) is 5.75 Å². The third-order valence-electron chi connectivity index (χ3n) is 2.98. The average Bonchev–Trinajstić information content (AvgIpc) is 2.45. The summed E-state index contributed by atoms with van der Waals surface area (Å²) in [6.45, 7) is 5.33. The first kappa shape index (κ1) is 15.3. The van der Waals surface area contributed by atoms with Gasteiger partial charge in [0.05, 0.1) is 0 Å². The molecule has 2 rings (SSSR count). The highest BCUT2D eigenvalue weighted by atomic mass is 127. The molecule has 0 amide bonds. The van der Waals surface area contributed by atoms with Gasteiger partial charge >= 0.3 is 0 Å². The highest BCUT2D eigenvalue weighted by molar-refractivity contribution is 14.1. The molecule has 0 fully saturated rings. The second kappa shape index (κ2) is 7.59. The summed E-state index contributed by atoms with van der Waals surface area (Å²) in [5.74, 6) is 1.45. The number of hydrogen-bond acceptors (Lipinski definition) is 3. The predicted molar refractivity (Wildman–Crippen MR) is 90.2 cm³/mol. The molecule has 0 aliphatic carbocycles. The smallest absolute Gasteiger partial charge is 0.219 e. The van der Waals surface area contributed by atoms with E-state index in [0.29, 0.717) is 11.9 Å². The van der Waals surface area contributed by atoms with Crippen LogP contribution in [0.2, 0.25) is 0 Å². The van der Waals surface area contributed by atoms with E-state index in [-0.39, 0.29) is 0 Å². The first-order chi connectivity index (χ1) is 9.69. The zero-order valence-electron chi connectivity index (χ0n) is 11.8. The van der Waals surface area contributed by atoms with Gasteiger partial charge in [0, 0.05) is 21.9 Å². The second-order valence-electron chi connectivity index (χ2n) is 4.66. The molecule has 0 aliphatic rings. The Bertz CT molecular complexity index is 560. The number of aromatic nitrogens is 1. The lowest BCUT2D eigenvalue weighted by atomic mass is 10.1. The summed E-state index contributed by atoms with van der Waals surface area (Å²) >= 11 is 2.27. The molecule has 1 atom stereocenters. The topological polar surface area (TPSA) is 34.2 Å². The monoisotopic (exact) mass is 382 g/mol. The highest BCUT2D eigenvalue weighted by Crippen LogP contribution is 2.23. The van der Waals surface area contributed by atoms with E-state index in [9.17, 15) is 0 Å². The minimum absolute atomic E-state index is 0.302. The number of nitrogens with one attached hydrogen (secondary N) is 1. The van der Waals surface area contributed by atoms with Crippen LogP contribution in [0.15, 0.2) is 42.6 Å². The molecule has 0 aliphatic heterocycles. The molecule has 2 aromatic rings. The lowest BCUT2D eigenvalue weighted by molar-refractivity contribution is 0.459. The standard InChI is InChI=1S/C16H19IN2O/c1-3-8-18-12(2)13-7-9-19-16(10-13)20-15-6-4-5-14(17)11-15/h4-7,9-12,18H,3,8H2,1-2H3. The molecule has 1 aromatic carbocycles. The van der Waals surface area contributed by atoms with Crippen molar-refractivity contribution in [2.24, 2.45) is 0 Å². The van der Waals surface area contributed by atoms with E-state index in [4.69, 9.17) is 4.74 Å². The molecule has 1 aromatic heterocycles. The van der Waals surface area contributed by atoms with Gasteiger partial charge in [0.15, 0.2) is 0 Å². The molecule has 1 unspecified atom stereocenters. The maximum absolute atomic E-state index is 5.81. The van der Waals surface area contributed by atoms with E-state index in [2.05, 4.69) is 46.7 Å². The molecule has 0 saturated heterocycles. The van der Waals surface area contributed by atoms with Crippen molar-refractivity contribution >= 4 is 22.6 Å². The molecule has 0 radical (unpaired) electrons. The van der Waals surface area contributed by atoms with Crippen LogP contribution in [0.3, 0.4) is 0 Å². The molecular weight excluding hydrogens is 363 g/mol. The van der Waals surface area contributed by atoms with Crippen LogP contribution in [0.1, 0.15) is 31.9 Å². The minimum atomic E-state index is 0.302. The fourth-order valence-corrected chi connectivity index (χ4v) is 2.39. The number of nitrogens with zero attached hydrogens (tertiary/aromatic N) is 1. The van der Waals surface area contributed by atoms with Gasteiger partial charge in [-0.1, -0.05) is 13.0 Å². The predicted octanol–water partition coefficient (Wildman–Crippen LogP) is 4.54. The Labute approximate surface area is 133 Å². The number of rotatable bonds is 6. The fourth-order valence-electron chi connectivity index (χ4n) is 1.88. The minimum Gasteiger partial charge on any atom is -0.439 e. The normalized spacial score (nSPS) is 12.2. The van der Waals surface area contributed by atoms with Crippen molar-refractivity contribution in [3.63, 3.8) is 0 Å². The maximum atomic E-state index is 5.81. The summed E-state index contributed by atoms with van der Waals surface area (Å²) in [4.78, 5) is 4.27. The Morgan fingerprint density at radius 2 is 2.15 bits per heavy atom. The molecule has 3 nitrogen and oxygen atoms in total. The molecule has 1 heterocycles. The highest BCUT2D eigenvalue weighted by Gasteiger charge is 2.07. The van der Waals surface area contributed by atoms with Crippen molar-refractivity contribution in [3.8, 4) is 11.6 Å². The largest absolute Gasteiger partial charge is 0.439 e. The number of halogens is 1. The summed E-state index contributed by atoms with van der Waals surface area (Å²) < 4.78 is 6.96. The van der Waals surface area contributed by atoms with Crippen LogP contribution in [-0.4, -0.2) is 11.5 Å². The first-order valence-corrected chi connectivity index (χ1v) is 7.89. The van der Waals surface area contributed by atoms with Crippen LogP contribution in [0.5, 0.6) is 11.6 Å². The molecule has 0 spiro atoms. The van der Waals surface area contributed by atoms with E-state index >= 15 is 0 Å². The summed E-state index contributed by atoms with van der Waals surface area (Å²) in [7, 11) is 0. The van der Waals surface area contributed by atoms with Crippen molar-refractivity contribution in [2.45, 2.75) is 26.3 Å². The van der Waals surface area contributed by atoms with Gasteiger partial charge in [-0.25, -0.2) is 4.98 Å². The Morgan fingerprint density at radius 3 is 2.90 bits per heavy atom. The molecule has 20 heavy (non-hydrogen) atoms. The third kappa shape index (κ3) is 4.45. The van der Waals surface area contributed by atoms with Gasteiger partial charge in [0.25, 0.3) is 0 Å². The summed E-state index contributed by atoms with van der Waals surface area (Å²) in [6, 6.07) is 12.3. The number of benzene rings is 1. The summed E-state index contributed by atoms with van der Waals surface area (Å²) in [6.07, 6.45) is 2.92. The average molecular weight is 382 g/mol. The van der Waals surface area contributed by atoms with Gasteiger partial charge in [0.2, 0.25) is 5.88 Å². The van der Waals surface area contributed by atoms with Crippen LogP contribution in [0.25, 0.3) is 0 Å². The molecular formula is C16H19IN2O. The number of ether oxygens (including phenoxy) is 1. The Balaban J connectivity index is 2.09. The van der Waals surface area contributed by atoms with Crippen LogP contribution >= 0.6 is 22.6 Å². The number of hydrogen-bond donors (Lipinski definition) is 1. The first-order valence-electron chi connectivity index (χ1n) is 6.82. The van der Waals surface area contributed by atoms with Crippen LogP contribution in [0, 0.1) is 3.57 Å². The molecule has 1 N–H and O–H groups in total. The van der Waals surface area contributed by atoms with Crippen LogP contribution in [0.4, 0.5) is 0 Å². The summed E-state index contributed by atoms with van der Waals surface area (Å²) in [5.41, 5.74) is 1.19. The molecule has 106 valence electrons. The van der Waals surface area contributed by atoms with E-state index < -0.39 is 0 Å². The van der Waals surface area contributed by atoms with Gasteiger partial charge in [-0.3, -0.25) is 0 Å². The van der Waals surface area contributed by atoms with Crippen molar-refractivity contribution in [1.29, 1.82) is 0 Å². The van der Waals surface area contributed by atoms with Crippen molar-refractivity contribution in [2.75, 3.05) is 6.54 Å². The lowest BCUT2D eigenvalue weighted by Crippen LogP contribution is -2.19. The summed E-state index contributed by atoms with van der Waals surface area (Å²) in [5, 5.41) is 3.46. The van der Waals surface area contributed by atoms with Gasteiger partial charge < -0.3 is 10.1 Å². The lowest BCUT2D eigenvalue weighted by Gasteiger charge is -2.14. The van der Waals surface area contributed by atoms with Gasteiger partial charge in [-0.2, -0.15) is 0 Å². The van der Waals surface area contributed by atoms with Gasteiger partial charge in [-0.05, 0) is 72.3 Å². The van der Waals surface area contributed by atoms with E-state index in [0.717, 1.165) is 22.3 Å². The van der Waals surface area contributed by atoms with E-state index in [1.54, 1.807) is 6.20 Å². The zero-order valence-corrected chi connectivity index (χ0v) is 13.9. The van der Waals surface area contributed by atoms with Crippen LogP contribution < -0.4 is 10.1 Å². The van der Waals surface area contributed by atoms with Crippen molar-refractivity contribution < 1.29 is 4.74 Å². The quantitative estimate of drug-likeness (QED) is 0.745. The Hall–Kier alpha value is -1.14. The second-order valence-corrected chi connectivity index (χ2v) is 5.91. The maximum Gasteiger partial charge on any atom is 0.219 e. The van der Waals surface area contributed by atoms with Crippen LogP contribution in [-0.2, 0) is 0 Å². The molecule has 0 saturated carbocycles. The van der Waals surface area contributed by atoms with Crippen molar-refractivity contribution in [1.82, 2.24) is 10.3 Å². The number of pyridine rings is 1. The SMILES string of the molecule is CCCNC(C)c1ccnc(Oc2cccc(I)c2)c1. The Morgan fingerprint density at radius 1 is 1.30 bits per heavy atom. The molecule has 4 heteroatoms. The molecule has 0 bridgehead atoms.